The van der Waals surface area contributed by atoms with E-state index in [4.69, 9.17) is 4.98 Å². The standard InChI is InChI=1S/C23H20N2O3/c26-17-9-5-15(6-10-17)23(16-7-11-18(27)12-8-16)21-20(25-22(23)28)19-4-2-1-3-14(19)13-24-21/h5-13,26-27H,1-4H2,(H,25,28). The maximum Gasteiger partial charge on any atom is 0.245 e. The van der Waals surface area contributed by atoms with Gasteiger partial charge in [0.15, 0.2) is 0 Å². The number of amides is 1. The maximum absolute atomic E-state index is 13.5. The fourth-order valence-corrected chi connectivity index (χ4v) is 4.57. The first-order valence-corrected chi connectivity index (χ1v) is 9.52. The van der Waals surface area contributed by atoms with Crippen LogP contribution in [0.3, 0.4) is 0 Å². The Morgan fingerprint density at radius 1 is 0.857 bits per heavy atom. The van der Waals surface area contributed by atoms with Gasteiger partial charge in [-0.3, -0.25) is 9.78 Å². The largest absolute Gasteiger partial charge is 0.508 e. The van der Waals surface area contributed by atoms with E-state index in [-0.39, 0.29) is 17.4 Å². The number of hydrogen-bond acceptors (Lipinski definition) is 4. The van der Waals surface area contributed by atoms with Crippen molar-refractivity contribution in [2.45, 2.75) is 31.1 Å². The third kappa shape index (κ3) is 2.26. The Morgan fingerprint density at radius 2 is 1.43 bits per heavy atom. The molecular weight excluding hydrogens is 352 g/mol. The number of nitrogens with one attached hydrogen (secondary N) is 1. The lowest BCUT2D eigenvalue weighted by Gasteiger charge is -2.28. The number of anilines is 1. The van der Waals surface area contributed by atoms with E-state index in [0.717, 1.165) is 42.5 Å². The summed E-state index contributed by atoms with van der Waals surface area (Å²) in [5.41, 5.74) is 4.24. The Labute approximate surface area is 162 Å². The topological polar surface area (TPSA) is 82.5 Å². The molecule has 2 aliphatic rings. The number of benzene rings is 2. The summed E-state index contributed by atoms with van der Waals surface area (Å²) >= 11 is 0. The number of carbonyl (C=O) groups is 1. The van der Waals surface area contributed by atoms with Crippen LogP contribution in [0.5, 0.6) is 11.5 Å². The van der Waals surface area contributed by atoms with Crippen molar-refractivity contribution in [3.63, 3.8) is 0 Å². The Kier molecular flexibility index (Phi) is 3.66. The van der Waals surface area contributed by atoms with Crippen LogP contribution >= 0.6 is 0 Å². The van der Waals surface area contributed by atoms with Crippen LogP contribution in [-0.2, 0) is 23.1 Å². The molecule has 3 N–H and O–H groups in total. The summed E-state index contributed by atoms with van der Waals surface area (Å²) in [7, 11) is 0. The van der Waals surface area contributed by atoms with Crippen molar-refractivity contribution < 1.29 is 15.0 Å². The second-order valence-corrected chi connectivity index (χ2v) is 7.49. The lowest BCUT2D eigenvalue weighted by Crippen LogP contribution is -2.37. The number of fused-ring (bicyclic) bond motifs is 3. The Morgan fingerprint density at radius 3 is 2.04 bits per heavy atom. The van der Waals surface area contributed by atoms with Gasteiger partial charge in [0, 0.05) is 6.20 Å². The van der Waals surface area contributed by atoms with Gasteiger partial charge in [-0.15, -0.1) is 0 Å². The van der Waals surface area contributed by atoms with E-state index in [1.54, 1.807) is 48.5 Å². The molecule has 0 bridgehead atoms. The van der Waals surface area contributed by atoms with Crippen LogP contribution in [0.1, 0.15) is 40.8 Å². The van der Waals surface area contributed by atoms with Crippen molar-refractivity contribution in [1.29, 1.82) is 0 Å². The summed E-state index contributed by atoms with van der Waals surface area (Å²) in [6.07, 6.45) is 6.06. The van der Waals surface area contributed by atoms with Crippen molar-refractivity contribution in [2.24, 2.45) is 0 Å². The average molecular weight is 372 g/mol. The average Bonchev–Trinajstić information content (AvgIpc) is 3.02. The molecule has 5 heteroatoms. The number of hydrogen-bond donors (Lipinski definition) is 3. The Balaban J connectivity index is 1.82. The first kappa shape index (κ1) is 16.8. The number of aromatic nitrogens is 1. The van der Waals surface area contributed by atoms with Crippen LogP contribution in [0, 0.1) is 0 Å². The smallest absolute Gasteiger partial charge is 0.245 e. The highest BCUT2D eigenvalue weighted by molar-refractivity contribution is 6.11. The number of aryl methyl sites for hydroxylation is 1. The predicted molar refractivity (Wildman–Crippen MR) is 106 cm³/mol. The lowest BCUT2D eigenvalue weighted by atomic mass is 9.72. The van der Waals surface area contributed by atoms with Gasteiger partial charge in [0.1, 0.15) is 16.9 Å². The Hall–Kier alpha value is -3.34. The summed E-state index contributed by atoms with van der Waals surface area (Å²) in [6.45, 7) is 0. The maximum atomic E-state index is 13.5. The predicted octanol–water partition coefficient (Wildman–Crippen LogP) is 3.66. The third-order valence-corrected chi connectivity index (χ3v) is 5.93. The SMILES string of the molecule is O=C1Nc2c(ncc3c2CCCC3)C1(c1ccc(O)cc1)c1ccc(O)cc1. The van der Waals surface area contributed by atoms with Crippen LogP contribution in [0.4, 0.5) is 5.69 Å². The van der Waals surface area contributed by atoms with Gasteiger partial charge in [-0.05, 0) is 72.2 Å². The quantitative estimate of drug-likeness (QED) is 0.641. The highest BCUT2D eigenvalue weighted by Gasteiger charge is 2.52. The molecule has 28 heavy (non-hydrogen) atoms. The van der Waals surface area contributed by atoms with Gasteiger partial charge < -0.3 is 15.5 Å². The molecule has 1 aromatic heterocycles. The van der Waals surface area contributed by atoms with Gasteiger partial charge in [0.25, 0.3) is 0 Å². The normalized spacial score (nSPS) is 16.9. The lowest BCUT2D eigenvalue weighted by molar-refractivity contribution is -0.118. The van der Waals surface area contributed by atoms with Crippen molar-refractivity contribution in [2.75, 3.05) is 5.32 Å². The molecule has 5 nitrogen and oxygen atoms in total. The third-order valence-electron chi connectivity index (χ3n) is 5.93. The summed E-state index contributed by atoms with van der Waals surface area (Å²) in [5, 5.41) is 22.6. The molecule has 0 spiro atoms. The summed E-state index contributed by atoms with van der Waals surface area (Å²) < 4.78 is 0. The molecular formula is C23H20N2O3. The molecule has 0 atom stereocenters. The van der Waals surface area contributed by atoms with E-state index in [2.05, 4.69) is 5.32 Å². The van der Waals surface area contributed by atoms with E-state index in [1.165, 1.54) is 11.1 Å². The molecule has 1 amide bonds. The molecule has 0 fully saturated rings. The molecule has 0 saturated carbocycles. The van der Waals surface area contributed by atoms with Gasteiger partial charge in [-0.2, -0.15) is 0 Å². The number of pyridine rings is 1. The van der Waals surface area contributed by atoms with Gasteiger partial charge >= 0.3 is 0 Å². The summed E-state index contributed by atoms with van der Waals surface area (Å²) in [6, 6.07) is 13.4. The Bertz CT molecular complexity index is 1030. The highest BCUT2D eigenvalue weighted by Crippen LogP contribution is 2.49. The van der Waals surface area contributed by atoms with Gasteiger partial charge in [-0.1, -0.05) is 24.3 Å². The van der Waals surface area contributed by atoms with Crippen molar-refractivity contribution in [3.05, 3.63) is 82.7 Å². The second kappa shape index (κ2) is 6.09. The minimum absolute atomic E-state index is 0.140. The minimum atomic E-state index is -1.12. The molecule has 0 radical (unpaired) electrons. The zero-order valence-electron chi connectivity index (χ0n) is 15.3. The number of aromatic hydroxyl groups is 2. The fraction of sp³-hybridized carbons (Fsp3) is 0.217. The minimum Gasteiger partial charge on any atom is -0.508 e. The monoisotopic (exact) mass is 372 g/mol. The van der Waals surface area contributed by atoms with Crippen molar-refractivity contribution in [1.82, 2.24) is 4.98 Å². The van der Waals surface area contributed by atoms with Crippen molar-refractivity contribution in [3.8, 4) is 11.5 Å². The van der Waals surface area contributed by atoms with E-state index in [0.29, 0.717) is 5.69 Å². The molecule has 140 valence electrons. The summed E-state index contributed by atoms with van der Waals surface area (Å²) in [4.78, 5) is 18.3. The number of carbonyl (C=O) groups excluding carboxylic acids is 1. The first-order chi connectivity index (χ1) is 13.6. The van der Waals surface area contributed by atoms with Gasteiger partial charge in [0.2, 0.25) is 5.91 Å². The number of rotatable bonds is 2. The number of phenolic OH excluding ortho intramolecular Hbond substituents is 2. The van der Waals surface area contributed by atoms with E-state index >= 15 is 0 Å². The molecule has 0 saturated heterocycles. The molecule has 1 aliphatic carbocycles. The molecule has 5 rings (SSSR count). The molecule has 2 heterocycles. The zero-order valence-corrected chi connectivity index (χ0v) is 15.3. The zero-order chi connectivity index (χ0) is 19.3. The van der Waals surface area contributed by atoms with Crippen LogP contribution < -0.4 is 5.32 Å². The van der Waals surface area contributed by atoms with Gasteiger partial charge in [-0.25, -0.2) is 0 Å². The van der Waals surface area contributed by atoms with Crippen LogP contribution in [0.15, 0.2) is 54.7 Å². The van der Waals surface area contributed by atoms with E-state index < -0.39 is 5.41 Å². The van der Waals surface area contributed by atoms with Crippen LogP contribution in [0.2, 0.25) is 0 Å². The highest BCUT2D eigenvalue weighted by atomic mass is 16.3. The molecule has 1 aliphatic heterocycles. The number of nitrogens with zero attached hydrogens (tertiary/aromatic N) is 1. The van der Waals surface area contributed by atoms with Crippen LogP contribution in [0.25, 0.3) is 0 Å². The molecule has 2 aromatic carbocycles. The van der Waals surface area contributed by atoms with E-state index in [1.807, 2.05) is 6.20 Å². The fourth-order valence-electron chi connectivity index (χ4n) is 4.57. The van der Waals surface area contributed by atoms with Crippen LogP contribution in [-0.4, -0.2) is 21.1 Å². The molecule has 0 unspecified atom stereocenters. The van der Waals surface area contributed by atoms with Gasteiger partial charge in [0.05, 0.1) is 11.4 Å². The van der Waals surface area contributed by atoms with Crippen molar-refractivity contribution >= 4 is 11.6 Å². The molecule has 3 aromatic rings. The first-order valence-electron chi connectivity index (χ1n) is 9.52. The number of phenols is 2. The second-order valence-electron chi connectivity index (χ2n) is 7.49. The van der Waals surface area contributed by atoms with E-state index in [9.17, 15) is 15.0 Å². The summed E-state index contributed by atoms with van der Waals surface area (Å²) in [5.74, 6) is 0.119.